The average Bonchev–Trinajstić information content (AvgIpc) is 2.70. The molecular weight excluding hydrogens is 274 g/mol. The van der Waals surface area contributed by atoms with Gasteiger partial charge in [0, 0.05) is 0 Å². The van der Waals surface area contributed by atoms with E-state index in [9.17, 15) is 0 Å². The zero-order valence-electron chi connectivity index (χ0n) is 8.05. The highest BCUT2D eigenvalue weighted by Gasteiger charge is 2.43. The Bertz CT molecular complexity index is 569. The fourth-order valence-electron chi connectivity index (χ4n) is 1.54. The van der Waals surface area contributed by atoms with Crippen molar-refractivity contribution in [3.8, 4) is 17.7 Å². The first-order chi connectivity index (χ1) is 7.79. The van der Waals surface area contributed by atoms with Crippen LogP contribution in [0.5, 0.6) is 0 Å². The number of nitriles is 1. The minimum atomic E-state index is 0.0216. The normalized spacial score (nSPS) is 23.0. The molecule has 5 nitrogen and oxygen atoms in total. The monoisotopic (exact) mass is 279 g/mol. The highest BCUT2D eigenvalue weighted by atomic mass is 79.9. The summed E-state index contributed by atoms with van der Waals surface area (Å²) in [6, 6.07) is 3.95. The molecule has 0 bridgehead atoms. The summed E-state index contributed by atoms with van der Waals surface area (Å²) < 4.78 is 11.1. The van der Waals surface area contributed by atoms with Gasteiger partial charge in [-0.05, 0) is 28.4 Å². The van der Waals surface area contributed by atoms with Crippen molar-refractivity contribution in [2.24, 2.45) is 5.92 Å². The molecule has 0 spiro atoms. The first-order valence-electron chi connectivity index (χ1n) is 4.76. The van der Waals surface area contributed by atoms with Crippen molar-refractivity contribution in [2.75, 3.05) is 0 Å². The van der Waals surface area contributed by atoms with Crippen LogP contribution in [0.1, 0.15) is 18.2 Å². The molecular formula is C10H6BrN3O2. The van der Waals surface area contributed by atoms with Crippen molar-refractivity contribution in [2.45, 2.75) is 12.3 Å². The molecule has 0 aromatic carbocycles. The molecule has 2 heterocycles. The highest BCUT2D eigenvalue weighted by Crippen LogP contribution is 2.46. The van der Waals surface area contributed by atoms with Crippen molar-refractivity contribution in [1.29, 1.82) is 5.26 Å². The minimum absolute atomic E-state index is 0.0216. The van der Waals surface area contributed by atoms with Gasteiger partial charge in [0.2, 0.25) is 11.7 Å². The average molecular weight is 280 g/mol. The van der Waals surface area contributed by atoms with Crippen LogP contribution in [0.4, 0.5) is 0 Å². The molecule has 80 valence electrons. The van der Waals surface area contributed by atoms with E-state index in [1.807, 2.05) is 0 Å². The first-order valence-corrected chi connectivity index (χ1v) is 5.55. The molecule has 0 saturated heterocycles. The van der Waals surface area contributed by atoms with Crippen molar-refractivity contribution in [3.63, 3.8) is 0 Å². The molecule has 1 fully saturated rings. The van der Waals surface area contributed by atoms with E-state index < -0.39 is 0 Å². The summed E-state index contributed by atoms with van der Waals surface area (Å²) in [6.07, 6.45) is 2.35. The SMILES string of the molecule is N#C[C@@H]1C[C@H]1c1nc(-c2occc2Br)no1. The van der Waals surface area contributed by atoms with E-state index in [-0.39, 0.29) is 11.8 Å². The van der Waals surface area contributed by atoms with Crippen LogP contribution in [-0.2, 0) is 0 Å². The maximum absolute atomic E-state index is 8.71. The lowest BCUT2D eigenvalue weighted by atomic mass is 10.3. The van der Waals surface area contributed by atoms with Crippen molar-refractivity contribution >= 4 is 15.9 Å². The second-order valence-electron chi connectivity index (χ2n) is 3.63. The molecule has 2 aromatic rings. The number of hydrogen-bond donors (Lipinski definition) is 0. The van der Waals surface area contributed by atoms with Gasteiger partial charge >= 0.3 is 0 Å². The van der Waals surface area contributed by atoms with Gasteiger partial charge in [0.15, 0.2) is 5.76 Å². The lowest BCUT2D eigenvalue weighted by Crippen LogP contribution is -1.82. The van der Waals surface area contributed by atoms with Crippen LogP contribution < -0.4 is 0 Å². The molecule has 0 unspecified atom stereocenters. The van der Waals surface area contributed by atoms with Crippen LogP contribution in [0.25, 0.3) is 11.6 Å². The van der Waals surface area contributed by atoms with E-state index in [0.717, 1.165) is 10.9 Å². The molecule has 0 amide bonds. The summed E-state index contributed by atoms with van der Waals surface area (Å²) in [6.45, 7) is 0. The van der Waals surface area contributed by atoms with Gasteiger partial charge in [0.1, 0.15) is 0 Å². The van der Waals surface area contributed by atoms with Crippen LogP contribution >= 0.6 is 15.9 Å². The van der Waals surface area contributed by atoms with Gasteiger partial charge in [-0.15, -0.1) is 0 Å². The molecule has 3 rings (SSSR count). The van der Waals surface area contributed by atoms with Crippen LogP contribution in [0.3, 0.4) is 0 Å². The zero-order chi connectivity index (χ0) is 11.1. The van der Waals surface area contributed by atoms with E-state index in [4.69, 9.17) is 14.2 Å². The summed E-state index contributed by atoms with van der Waals surface area (Å²) in [7, 11) is 0. The Kier molecular flexibility index (Phi) is 2.07. The number of rotatable bonds is 2. The molecule has 1 saturated carbocycles. The van der Waals surface area contributed by atoms with E-state index in [2.05, 4.69) is 32.1 Å². The number of halogens is 1. The Balaban J connectivity index is 1.90. The Hall–Kier alpha value is -1.61. The molecule has 0 aliphatic heterocycles. The van der Waals surface area contributed by atoms with Crippen molar-refractivity contribution < 1.29 is 8.94 Å². The summed E-state index contributed by atoms with van der Waals surface area (Å²) in [5.74, 6) is 1.60. The number of aromatic nitrogens is 2. The van der Waals surface area contributed by atoms with E-state index in [1.165, 1.54) is 0 Å². The summed E-state index contributed by atoms with van der Waals surface area (Å²) >= 11 is 3.32. The Morgan fingerprint density at radius 1 is 1.56 bits per heavy atom. The molecule has 6 heteroatoms. The van der Waals surface area contributed by atoms with Gasteiger partial charge in [-0.2, -0.15) is 10.2 Å². The van der Waals surface area contributed by atoms with Gasteiger partial charge in [-0.3, -0.25) is 0 Å². The highest BCUT2D eigenvalue weighted by molar-refractivity contribution is 9.10. The molecule has 1 aliphatic carbocycles. The third kappa shape index (κ3) is 1.44. The number of furan rings is 1. The third-order valence-electron chi connectivity index (χ3n) is 2.54. The van der Waals surface area contributed by atoms with Crippen LogP contribution in [0.15, 0.2) is 25.7 Å². The maximum Gasteiger partial charge on any atom is 0.239 e. The predicted octanol–water partition coefficient (Wildman–Crippen LogP) is 2.72. The fourth-order valence-corrected chi connectivity index (χ4v) is 1.92. The first kappa shape index (κ1) is 9.60. The van der Waals surface area contributed by atoms with Gasteiger partial charge < -0.3 is 8.94 Å². The fraction of sp³-hybridized carbons (Fsp3) is 0.300. The Morgan fingerprint density at radius 2 is 2.44 bits per heavy atom. The Morgan fingerprint density at radius 3 is 3.06 bits per heavy atom. The second kappa shape index (κ2) is 3.46. The van der Waals surface area contributed by atoms with Gasteiger partial charge in [-0.25, -0.2) is 0 Å². The molecule has 2 atom stereocenters. The van der Waals surface area contributed by atoms with E-state index >= 15 is 0 Å². The van der Waals surface area contributed by atoms with Crippen molar-refractivity contribution in [1.82, 2.24) is 10.1 Å². The maximum atomic E-state index is 8.71. The minimum Gasteiger partial charge on any atom is -0.460 e. The lowest BCUT2D eigenvalue weighted by Gasteiger charge is -1.86. The smallest absolute Gasteiger partial charge is 0.239 e. The Labute approximate surface area is 99.2 Å². The van der Waals surface area contributed by atoms with Crippen molar-refractivity contribution in [3.05, 3.63) is 22.7 Å². The largest absolute Gasteiger partial charge is 0.460 e. The second-order valence-corrected chi connectivity index (χ2v) is 4.49. The van der Waals surface area contributed by atoms with Crippen LogP contribution in [0, 0.1) is 17.2 Å². The topological polar surface area (TPSA) is 75.8 Å². The number of hydrogen-bond acceptors (Lipinski definition) is 5. The number of nitrogens with zero attached hydrogens (tertiary/aromatic N) is 3. The van der Waals surface area contributed by atoms with Crippen LogP contribution in [0.2, 0.25) is 0 Å². The zero-order valence-corrected chi connectivity index (χ0v) is 9.64. The molecule has 2 aromatic heterocycles. The molecule has 16 heavy (non-hydrogen) atoms. The van der Waals surface area contributed by atoms with Gasteiger partial charge in [-0.1, -0.05) is 5.16 Å². The van der Waals surface area contributed by atoms with E-state index in [1.54, 1.807) is 12.3 Å². The summed E-state index contributed by atoms with van der Waals surface area (Å²) in [4.78, 5) is 4.22. The summed E-state index contributed by atoms with van der Waals surface area (Å²) in [5, 5.41) is 12.5. The van der Waals surface area contributed by atoms with Gasteiger partial charge in [0.25, 0.3) is 0 Å². The third-order valence-corrected chi connectivity index (χ3v) is 3.16. The lowest BCUT2D eigenvalue weighted by molar-refractivity contribution is 0.377. The molecule has 0 N–H and O–H groups in total. The quantitative estimate of drug-likeness (QED) is 0.845. The molecule has 1 aliphatic rings. The van der Waals surface area contributed by atoms with E-state index in [0.29, 0.717) is 17.5 Å². The van der Waals surface area contributed by atoms with Crippen LogP contribution in [-0.4, -0.2) is 10.1 Å². The predicted molar refractivity (Wildman–Crippen MR) is 56.2 cm³/mol. The van der Waals surface area contributed by atoms with Gasteiger partial charge in [0.05, 0.1) is 28.6 Å². The molecule has 0 radical (unpaired) electrons. The summed E-state index contributed by atoms with van der Waals surface area (Å²) in [5.41, 5.74) is 0. The standard InChI is InChI=1S/C10H6BrN3O2/c11-7-1-2-15-8(7)9-13-10(16-14-9)6-3-5(6)4-12/h1-2,5-6H,3H2/t5-,6+/m0/s1.